The zero-order valence-corrected chi connectivity index (χ0v) is 12.1. The number of esters is 1. The fourth-order valence-corrected chi connectivity index (χ4v) is 1.97. The molecule has 0 saturated carbocycles. The molecule has 0 atom stereocenters. The van der Waals surface area contributed by atoms with Crippen LogP contribution in [-0.4, -0.2) is 22.9 Å². The van der Waals surface area contributed by atoms with Crippen LogP contribution in [0.3, 0.4) is 0 Å². The number of ketones is 1. The minimum Gasteiger partial charge on any atom is -0.463 e. The predicted molar refractivity (Wildman–Crippen MR) is 81.0 cm³/mol. The normalized spacial score (nSPS) is 10.8. The number of hydrogen-bond acceptors (Lipinski definition) is 3. The maximum absolute atomic E-state index is 12.3. The van der Waals surface area contributed by atoms with Crippen molar-refractivity contribution in [1.29, 1.82) is 0 Å². The molecule has 0 aliphatic heterocycles. The van der Waals surface area contributed by atoms with Crippen molar-refractivity contribution in [1.82, 2.24) is 4.57 Å². The number of carbonyl (C=O) groups is 2. The third kappa shape index (κ3) is 3.69. The van der Waals surface area contributed by atoms with E-state index in [2.05, 4.69) is 0 Å². The fourth-order valence-electron chi connectivity index (χ4n) is 1.97. The van der Waals surface area contributed by atoms with Gasteiger partial charge in [0, 0.05) is 36.1 Å². The Balaban J connectivity index is 2.20. The molecule has 2 aromatic rings. The molecule has 1 aromatic carbocycles. The van der Waals surface area contributed by atoms with E-state index in [1.165, 1.54) is 6.08 Å². The monoisotopic (exact) mass is 283 g/mol. The van der Waals surface area contributed by atoms with Gasteiger partial charge in [-0.2, -0.15) is 0 Å². The smallest absolute Gasteiger partial charge is 0.330 e. The summed E-state index contributed by atoms with van der Waals surface area (Å²) in [6.07, 6.45) is 4.75. The molecule has 21 heavy (non-hydrogen) atoms. The van der Waals surface area contributed by atoms with Crippen LogP contribution in [0.4, 0.5) is 0 Å². The maximum Gasteiger partial charge on any atom is 0.330 e. The summed E-state index contributed by atoms with van der Waals surface area (Å²) in [5.41, 5.74) is 2.00. The van der Waals surface area contributed by atoms with Crippen molar-refractivity contribution in [2.45, 2.75) is 6.92 Å². The van der Waals surface area contributed by atoms with Gasteiger partial charge < -0.3 is 9.30 Å². The average molecular weight is 283 g/mol. The van der Waals surface area contributed by atoms with Crippen molar-refractivity contribution in [3.8, 4) is 0 Å². The van der Waals surface area contributed by atoms with Crippen LogP contribution in [-0.2, 0) is 16.6 Å². The number of aryl methyl sites for hydroxylation is 1. The summed E-state index contributed by atoms with van der Waals surface area (Å²) in [5.74, 6) is -0.434. The highest BCUT2D eigenvalue weighted by Gasteiger charge is 2.11. The van der Waals surface area contributed by atoms with Crippen LogP contribution in [0.15, 0.2) is 48.7 Å². The second-order valence-electron chi connectivity index (χ2n) is 4.55. The molecule has 0 amide bonds. The standard InChI is InChI=1S/C17H17NO3/c1-3-21-16(19)10-9-15-11-14(12-18(15)2)17(20)13-7-5-4-6-8-13/h4-12H,3H2,1-2H3/b10-9+. The first-order valence-corrected chi connectivity index (χ1v) is 6.72. The molecule has 108 valence electrons. The Bertz CT molecular complexity index is 669. The summed E-state index contributed by atoms with van der Waals surface area (Å²) in [7, 11) is 1.83. The van der Waals surface area contributed by atoms with Gasteiger partial charge in [-0.05, 0) is 19.1 Å². The lowest BCUT2D eigenvalue weighted by Crippen LogP contribution is -1.99. The molecule has 0 N–H and O–H groups in total. The highest BCUT2D eigenvalue weighted by molar-refractivity contribution is 6.09. The molecule has 4 nitrogen and oxygen atoms in total. The lowest BCUT2D eigenvalue weighted by atomic mass is 10.1. The van der Waals surface area contributed by atoms with E-state index in [9.17, 15) is 9.59 Å². The quantitative estimate of drug-likeness (QED) is 0.481. The first kappa shape index (κ1) is 14.8. The third-order valence-electron chi connectivity index (χ3n) is 3.02. The van der Waals surface area contributed by atoms with E-state index in [1.54, 1.807) is 42.0 Å². The summed E-state index contributed by atoms with van der Waals surface area (Å²) >= 11 is 0. The Morgan fingerprint density at radius 2 is 1.90 bits per heavy atom. The van der Waals surface area contributed by atoms with E-state index in [0.29, 0.717) is 17.7 Å². The number of hydrogen-bond donors (Lipinski definition) is 0. The summed E-state index contributed by atoms with van der Waals surface area (Å²) in [6.45, 7) is 2.10. The Hall–Kier alpha value is -2.62. The number of benzene rings is 1. The maximum atomic E-state index is 12.3. The van der Waals surface area contributed by atoms with Crippen LogP contribution < -0.4 is 0 Å². The molecule has 0 radical (unpaired) electrons. The van der Waals surface area contributed by atoms with Crippen LogP contribution in [0.2, 0.25) is 0 Å². The van der Waals surface area contributed by atoms with Crippen LogP contribution in [0.25, 0.3) is 6.08 Å². The van der Waals surface area contributed by atoms with Crippen LogP contribution in [0.1, 0.15) is 28.5 Å². The van der Waals surface area contributed by atoms with E-state index in [1.807, 2.05) is 25.2 Å². The van der Waals surface area contributed by atoms with E-state index < -0.39 is 5.97 Å². The molecule has 0 aliphatic rings. The first-order chi connectivity index (χ1) is 10.1. The van der Waals surface area contributed by atoms with Gasteiger partial charge in [-0.3, -0.25) is 4.79 Å². The van der Waals surface area contributed by atoms with Crippen LogP contribution in [0.5, 0.6) is 0 Å². The number of ether oxygens (including phenoxy) is 1. The van der Waals surface area contributed by atoms with Gasteiger partial charge in [0.05, 0.1) is 6.61 Å². The molecular formula is C17H17NO3. The molecular weight excluding hydrogens is 266 g/mol. The van der Waals surface area contributed by atoms with Gasteiger partial charge in [0.1, 0.15) is 0 Å². The van der Waals surface area contributed by atoms with Crippen molar-refractivity contribution in [3.05, 3.63) is 65.5 Å². The zero-order chi connectivity index (χ0) is 15.2. The van der Waals surface area contributed by atoms with Gasteiger partial charge in [0.15, 0.2) is 5.78 Å². The van der Waals surface area contributed by atoms with Crippen molar-refractivity contribution >= 4 is 17.8 Å². The molecule has 0 unspecified atom stereocenters. The number of aromatic nitrogens is 1. The molecule has 4 heteroatoms. The van der Waals surface area contributed by atoms with E-state index >= 15 is 0 Å². The summed E-state index contributed by atoms with van der Waals surface area (Å²) in [5, 5.41) is 0. The molecule has 0 spiro atoms. The van der Waals surface area contributed by atoms with Crippen molar-refractivity contribution < 1.29 is 14.3 Å². The molecule has 1 heterocycles. The highest BCUT2D eigenvalue weighted by atomic mass is 16.5. The summed E-state index contributed by atoms with van der Waals surface area (Å²) in [4.78, 5) is 23.6. The average Bonchev–Trinajstić information content (AvgIpc) is 2.87. The Labute approximate surface area is 123 Å². The number of nitrogens with zero attached hydrogens (tertiary/aromatic N) is 1. The Kier molecular flexibility index (Phi) is 4.72. The molecule has 0 aliphatic carbocycles. The second-order valence-corrected chi connectivity index (χ2v) is 4.55. The SMILES string of the molecule is CCOC(=O)/C=C/c1cc(C(=O)c2ccccc2)cn1C. The van der Waals surface area contributed by atoms with Gasteiger partial charge in [-0.1, -0.05) is 30.3 Å². The molecule has 1 aromatic heterocycles. The minimum absolute atomic E-state index is 0.0398. The lowest BCUT2D eigenvalue weighted by Gasteiger charge is -1.96. The zero-order valence-electron chi connectivity index (χ0n) is 12.1. The lowest BCUT2D eigenvalue weighted by molar-refractivity contribution is -0.137. The van der Waals surface area contributed by atoms with Gasteiger partial charge in [0.25, 0.3) is 0 Å². The third-order valence-corrected chi connectivity index (χ3v) is 3.02. The van der Waals surface area contributed by atoms with Crippen molar-refractivity contribution in [2.75, 3.05) is 6.61 Å². The molecule has 0 bridgehead atoms. The summed E-state index contributed by atoms with van der Waals surface area (Å²) in [6, 6.07) is 10.8. The first-order valence-electron chi connectivity index (χ1n) is 6.72. The van der Waals surface area contributed by atoms with Crippen molar-refractivity contribution in [3.63, 3.8) is 0 Å². The Morgan fingerprint density at radius 3 is 2.57 bits per heavy atom. The van der Waals surface area contributed by atoms with Gasteiger partial charge in [-0.15, -0.1) is 0 Å². The summed E-state index contributed by atoms with van der Waals surface area (Å²) < 4.78 is 6.62. The predicted octanol–water partition coefficient (Wildman–Crippen LogP) is 2.83. The highest BCUT2D eigenvalue weighted by Crippen LogP contribution is 2.14. The van der Waals surface area contributed by atoms with E-state index in [-0.39, 0.29) is 5.78 Å². The number of rotatable bonds is 5. The molecule has 2 rings (SSSR count). The van der Waals surface area contributed by atoms with E-state index in [0.717, 1.165) is 5.69 Å². The number of carbonyl (C=O) groups excluding carboxylic acids is 2. The van der Waals surface area contributed by atoms with Crippen molar-refractivity contribution in [2.24, 2.45) is 7.05 Å². The van der Waals surface area contributed by atoms with E-state index in [4.69, 9.17) is 4.74 Å². The molecule has 0 fully saturated rings. The van der Waals surface area contributed by atoms with Gasteiger partial charge >= 0.3 is 5.97 Å². The topological polar surface area (TPSA) is 48.3 Å². The van der Waals surface area contributed by atoms with Gasteiger partial charge in [0.2, 0.25) is 0 Å². The molecule has 0 saturated heterocycles. The second kappa shape index (κ2) is 6.70. The fraction of sp³-hybridized carbons (Fsp3) is 0.176. The van der Waals surface area contributed by atoms with Crippen LogP contribution >= 0.6 is 0 Å². The minimum atomic E-state index is -0.394. The van der Waals surface area contributed by atoms with Gasteiger partial charge in [-0.25, -0.2) is 4.79 Å². The van der Waals surface area contributed by atoms with Crippen LogP contribution in [0, 0.1) is 0 Å². The Morgan fingerprint density at radius 1 is 1.19 bits per heavy atom. The largest absolute Gasteiger partial charge is 0.463 e.